The molecular formula is C20H23N5O2. The van der Waals surface area contributed by atoms with Crippen molar-refractivity contribution in [2.45, 2.75) is 6.92 Å². The summed E-state index contributed by atoms with van der Waals surface area (Å²) < 4.78 is 1.63. The minimum atomic E-state index is -0.368. The summed E-state index contributed by atoms with van der Waals surface area (Å²) >= 11 is 0. The largest absolute Gasteiger partial charge is 0.349 e. The molecule has 3 aromatic rings. The fourth-order valence-corrected chi connectivity index (χ4v) is 2.67. The highest BCUT2D eigenvalue weighted by Gasteiger charge is 2.21. The Balaban J connectivity index is 1.86. The van der Waals surface area contributed by atoms with E-state index in [1.54, 1.807) is 22.7 Å². The summed E-state index contributed by atoms with van der Waals surface area (Å²) in [6, 6.07) is 12.9. The second-order valence-corrected chi connectivity index (χ2v) is 6.62. The molecule has 2 N–H and O–H groups in total. The smallest absolute Gasteiger partial charge is 0.292 e. The van der Waals surface area contributed by atoms with Crippen molar-refractivity contribution in [3.8, 4) is 0 Å². The fraction of sp³-hybridized carbons (Fsp3) is 0.250. The number of hydrogen-bond acceptors (Lipinski definition) is 4. The second kappa shape index (κ2) is 8.01. The number of nitrogens with one attached hydrogen (secondary N) is 2. The zero-order valence-electron chi connectivity index (χ0n) is 15.7. The number of nitrogens with zero attached hydrogens (tertiary/aromatic N) is 3. The van der Waals surface area contributed by atoms with Gasteiger partial charge in [-0.3, -0.25) is 14.0 Å². The van der Waals surface area contributed by atoms with Gasteiger partial charge in [0.25, 0.3) is 11.8 Å². The van der Waals surface area contributed by atoms with Gasteiger partial charge in [-0.05, 0) is 45.3 Å². The number of imidazole rings is 1. The lowest BCUT2D eigenvalue weighted by molar-refractivity contribution is 0.0948. The average molecular weight is 365 g/mol. The van der Waals surface area contributed by atoms with E-state index in [9.17, 15) is 9.59 Å². The van der Waals surface area contributed by atoms with Gasteiger partial charge in [-0.2, -0.15) is 0 Å². The highest BCUT2D eigenvalue weighted by molar-refractivity contribution is 6.06. The predicted molar refractivity (Wildman–Crippen MR) is 105 cm³/mol. The molecule has 2 amide bonds. The fourth-order valence-electron chi connectivity index (χ4n) is 2.67. The van der Waals surface area contributed by atoms with Crippen LogP contribution in [0.3, 0.4) is 0 Å². The Kier molecular flexibility index (Phi) is 5.52. The third-order valence-electron chi connectivity index (χ3n) is 4.12. The molecule has 7 heteroatoms. The van der Waals surface area contributed by atoms with E-state index < -0.39 is 0 Å². The number of hydrogen-bond donors (Lipinski definition) is 2. The molecule has 0 saturated carbocycles. The van der Waals surface area contributed by atoms with E-state index in [0.717, 1.165) is 12.1 Å². The molecule has 140 valence electrons. The highest BCUT2D eigenvalue weighted by atomic mass is 16.2. The Hall–Kier alpha value is -3.19. The summed E-state index contributed by atoms with van der Waals surface area (Å²) in [4.78, 5) is 31.6. The lowest BCUT2D eigenvalue weighted by atomic mass is 10.2. The molecule has 0 spiro atoms. The molecule has 7 nitrogen and oxygen atoms in total. The Labute approximate surface area is 158 Å². The average Bonchev–Trinajstić information content (AvgIpc) is 3.03. The summed E-state index contributed by atoms with van der Waals surface area (Å²) in [6.45, 7) is 3.20. The quantitative estimate of drug-likeness (QED) is 0.702. The number of anilines is 1. The van der Waals surface area contributed by atoms with Crippen LogP contribution in [0.2, 0.25) is 0 Å². The first-order valence-corrected chi connectivity index (χ1v) is 8.74. The van der Waals surface area contributed by atoms with Crippen LogP contribution in [0.15, 0.2) is 48.7 Å². The lowest BCUT2D eigenvalue weighted by Crippen LogP contribution is -2.31. The third-order valence-corrected chi connectivity index (χ3v) is 4.12. The first kappa shape index (κ1) is 18.6. The third kappa shape index (κ3) is 4.32. The van der Waals surface area contributed by atoms with Gasteiger partial charge in [0, 0.05) is 25.0 Å². The van der Waals surface area contributed by atoms with E-state index in [-0.39, 0.29) is 23.3 Å². The number of aryl methyl sites for hydroxylation is 1. The molecule has 1 aromatic carbocycles. The normalized spacial score (nSPS) is 11.0. The van der Waals surface area contributed by atoms with Crippen LogP contribution >= 0.6 is 0 Å². The van der Waals surface area contributed by atoms with Crippen molar-refractivity contribution in [1.29, 1.82) is 0 Å². The Morgan fingerprint density at radius 3 is 2.52 bits per heavy atom. The molecule has 0 aliphatic heterocycles. The van der Waals surface area contributed by atoms with Gasteiger partial charge in [0.15, 0.2) is 5.69 Å². The minimum Gasteiger partial charge on any atom is -0.349 e. The first-order valence-electron chi connectivity index (χ1n) is 8.74. The summed E-state index contributed by atoms with van der Waals surface area (Å²) in [5.41, 5.74) is 2.61. The van der Waals surface area contributed by atoms with E-state index in [4.69, 9.17) is 0 Å². The Morgan fingerprint density at radius 1 is 1.07 bits per heavy atom. The van der Waals surface area contributed by atoms with Crippen molar-refractivity contribution in [1.82, 2.24) is 19.6 Å². The van der Waals surface area contributed by atoms with Crippen LogP contribution in [0.1, 0.15) is 26.7 Å². The number of likely N-dealkylation sites (N-methyl/N-ethyl adjacent to an activating group) is 1. The van der Waals surface area contributed by atoms with Crippen molar-refractivity contribution in [3.05, 3.63) is 65.7 Å². The standard InChI is InChI=1S/C20H23N5O2/c1-14-7-9-15(10-8-14)22-20(27)18-23-17(16-6-4-5-12-25(16)18)19(26)21-11-13-24(2)3/h4-10,12H,11,13H2,1-3H3,(H,21,26)(H,22,27). The summed E-state index contributed by atoms with van der Waals surface area (Å²) in [5.74, 6) is -0.494. The van der Waals surface area contributed by atoms with Crippen LogP contribution in [0.4, 0.5) is 5.69 Å². The molecular weight excluding hydrogens is 342 g/mol. The summed E-state index contributed by atoms with van der Waals surface area (Å²) in [6.07, 6.45) is 1.73. The Bertz CT molecular complexity index is 960. The number of amides is 2. The predicted octanol–water partition coefficient (Wildman–Crippen LogP) is 2.19. The highest BCUT2D eigenvalue weighted by Crippen LogP contribution is 2.15. The SMILES string of the molecule is Cc1ccc(NC(=O)c2nc(C(=O)NCCN(C)C)c3ccccn23)cc1. The van der Waals surface area contributed by atoms with Crippen LogP contribution < -0.4 is 10.6 Å². The van der Waals surface area contributed by atoms with Crippen molar-refractivity contribution in [2.75, 3.05) is 32.5 Å². The maximum atomic E-state index is 12.7. The summed E-state index contributed by atoms with van der Waals surface area (Å²) in [7, 11) is 3.87. The molecule has 0 saturated heterocycles. The zero-order chi connectivity index (χ0) is 19.4. The number of rotatable bonds is 6. The molecule has 2 heterocycles. The monoisotopic (exact) mass is 365 g/mol. The van der Waals surface area contributed by atoms with Crippen LogP contribution in [-0.2, 0) is 0 Å². The molecule has 0 fully saturated rings. The van der Waals surface area contributed by atoms with E-state index in [0.29, 0.717) is 17.7 Å². The van der Waals surface area contributed by atoms with E-state index in [2.05, 4.69) is 15.6 Å². The molecule has 2 aromatic heterocycles. The van der Waals surface area contributed by atoms with Crippen molar-refractivity contribution in [3.63, 3.8) is 0 Å². The van der Waals surface area contributed by atoms with Crippen molar-refractivity contribution in [2.24, 2.45) is 0 Å². The molecule has 0 atom stereocenters. The first-order chi connectivity index (χ1) is 13.0. The van der Waals surface area contributed by atoms with Gasteiger partial charge in [0.05, 0.1) is 5.52 Å². The minimum absolute atomic E-state index is 0.170. The molecule has 3 rings (SSSR count). The van der Waals surface area contributed by atoms with Gasteiger partial charge >= 0.3 is 0 Å². The maximum absolute atomic E-state index is 12.7. The van der Waals surface area contributed by atoms with Crippen LogP contribution in [0, 0.1) is 6.92 Å². The van der Waals surface area contributed by atoms with Gasteiger partial charge < -0.3 is 15.5 Å². The number of carbonyl (C=O) groups is 2. The van der Waals surface area contributed by atoms with Gasteiger partial charge in [-0.1, -0.05) is 23.8 Å². The van der Waals surface area contributed by atoms with Crippen LogP contribution in [0.25, 0.3) is 5.52 Å². The molecule has 0 radical (unpaired) electrons. The van der Waals surface area contributed by atoms with Crippen LogP contribution in [-0.4, -0.2) is 53.3 Å². The zero-order valence-corrected chi connectivity index (χ0v) is 15.7. The van der Waals surface area contributed by atoms with Gasteiger partial charge in [0.2, 0.25) is 5.82 Å². The molecule has 27 heavy (non-hydrogen) atoms. The number of aromatic nitrogens is 2. The topological polar surface area (TPSA) is 78.7 Å². The number of fused-ring (bicyclic) bond motifs is 1. The van der Waals surface area contributed by atoms with Crippen molar-refractivity contribution < 1.29 is 9.59 Å². The lowest BCUT2D eigenvalue weighted by Gasteiger charge is -2.09. The van der Waals surface area contributed by atoms with E-state index in [1.165, 1.54) is 0 Å². The molecule has 0 unspecified atom stereocenters. The molecule has 0 aliphatic carbocycles. The van der Waals surface area contributed by atoms with Crippen LogP contribution in [0.5, 0.6) is 0 Å². The summed E-state index contributed by atoms with van der Waals surface area (Å²) in [5, 5.41) is 5.67. The number of carbonyl (C=O) groups excluding carboxylic acids is 2. The number of pyridine rings is 1. The second-order valence-electron chi connectivity index (χ2n) is 6.62. The molecule has 0 bridgehead atoms. The Morgan fingerprint density at radius 2 is 1.81 bits per heavy atom. The van der Waals surface area contributed by atoms with Gasteiger partial charge in [0.1, 0.15) is 0 Å². The number of benzene rings is 1. The van der Waals surface area contributed by atoms with Gasteiger partial charge in [-0.25, -0.2) is 4.98 Å². The molecule has 0 aliphatic rings. The van der Waals surface area contributed by atoms with Gasteiger partial charge in [-0.15, -0.1) is 0 Å². The van der Waals surface area contributed by atoms with E-state index >= 15 is 0 Å². The maximum Gasteiger partial charge on any atom is 0.292 e. The van der Waals surface area contributed by atoms with E-state index in [1.807, 2.05) is 56.3 Å². The van der Waals surface area contributed by atoms with Crippen molar-refractivity contribution >= 4 is 23.0 Å².